The van der Waals surface area contributed by atoms with E-state index in [9.17, 15) is 22.7 Å². The zero-order valence-corrected chi connectivity index (χ0v) is 12.5. The second kappa shape index (κ2) is 8.63. The minimum absolute atomic E-state index is 0. The van der Waals surface area contributed by atoms with E-state index in [1.807, 2.05) is 0 Å². The zero-order chi connectivity index (χ0) is 14.0. The van der Waals surface area contributed by atoms with Crippen molar-refractivity contribution in [3.8, 4) is 5.75 Å². The summed E-state index contributed by atoms with van der Waals surface area (Å²) in [5.74, 6) is -2.92. The Kier molecular flexibility index (Phi) is 8.31. The molecule has 1 saturated heterocycles. The summed E-state index contributed by atoms with van der Waals surface area (Å²) in [6.07, 6.45) is -2.87. The van der Waals surface area contributed by atoms with Crippen molar-refractivity contribution >= 4 is 24.8 Å². The van der Waals surface area contributed by atoms with Crippen LogP contribution in [0.1, 0.15) is 11.6 Å². The second-order valence-electron chi connectivity index (χ2n) is 4.39. The smallest absolute Gasteiger partial charge is 0.258 e. The molecule has 122 valence electrons. The van der Waals surface area contributed by atoms with Gasteiger partial charge in [0.15, 0.2) is 0 Å². The molecule has 9 heteroatoms. The van der Waals surface area contributed by atoms with E-state index < -0.39 is 35.4 Å². The summed E-state index contributed by atoms with van der Waals surface area (Å²) in [5, 5.41) is 12.6. The summed E-state index contributed by atoms with van der Waals surface area (Å²) in [6.45, 7) is 1.64. The highest BCUT2D eigenvalue weighted by molar-refractivity contribution is 5.85. The molecule has 1 aliphatic heterocycles. The summed E-state index contributed by atoms with van der Waals surface area (Å²) in [7, 11) is 0. The van der Waals surface area contributed by atoms with Crippen LogP contribution >= 0.6 is 24.8 Å². The molecule has 2 N–H and O–H groups in total. The van der Waals surface area contributed by atoms with Gasteiger partial charge in [-0.1, -0.05) is 0 Å². The highest BCUT2D eigenvalue weighted by Gasteiger charge is 2.34. The Bertz CT molecular complexity index is 436. The van der Waals surface area contributed by atoms with Gasteiger partial charge in [0.25, 0.3) is 6.43 Å². The molecule has 21 heavy (non-hydrogen) atoms. The standard InChI is InChI=1S/C12H14F4N2O.2ClH/c13-7-5-8(14)10(9(19)6-7)11(12(15)16)18-3-1-17-2-4-18;;/h5-6,11-12,17,19H,1-4H2;2*1H/t11-;;/m1../s1. The number of benzene rings is 1. The Morgan fingerprint density at radius 3 is 2.14 bits per heavy atom. The molecule has 1 heterocycles. The molecule has 3 nitrogen and oxygen atoms in total. The average molecular weight is 351 g/mol. The number of rotatable bonds is 3. The third-order valence-corrected chi connectivity index (χ3v) is 3.15. The van der Waals surface area contributed by atoms with E-state index in [0.29, 0.717) is 38.3 Å². The number of phenols is 1. The first-order chi connectivity index (χ1) is 9.00. The topological polar surface area (TPSA) is 35.5 Å². The zero-order valence-electron chi connectivity index (χ0n) is 10.9. The Morgan fingerprint density at radius 1 is 1.10 bits per heavy atom. The summed E-state index contributed by atoms with van der Waals surface area (Å²) in [4.78, 5) is 1.39. The maximum atomic E-state index is 13.7. The van der Waals surface area contributed by atoms with Crippen LogP contribution in [0.5, 0.6) is 5.75 Å². The maximum Gasteiger partial charge on any atom is 0.258 e. The number of nitrogens with zero attached hydrogens (tertiary/aromatic N) is 1. The van der Waals surface area contributed by atoms with Gasteiger partial charge in [-0.25, -0.2) is 17.6 Å². The van der Waals surface area contributed by atoms with Crippen molar-refractivity contribution < 1.29 is 22.7 Å². The van der Waals surface area contributed by atoms with Crippen LogP contribution in [-0.2, 0) is 0 Å². The molecular weight excluding hydrogens is 335 g/mol. The highest BCUT2D eigenvalue weighted by Crippen LogP contribution is 2.36. The number of hydrogen-bond acceptors (Lipinski definition) is 3. The third kappa shape index (κ3) is 4.60. The molecule has 1 atom stereocenters. The van der Waals surface area contributed by atoms with Gasteiger partial charge in [0.1, 0.15) is 23.4 Å². The van der Waals surface area contributed by atoms with Gasteiger partial charge in [0, 0.05) is 38.3 Å². The Labute approximate surface area is 132 Å². The molecule has 0 aromatic heterocycles. The molecule has 0 radical (unpaired) electrons. The lowest BCUT2D eigenvalue weighted by molar-refractivity contribution is 0.0151. The van der Waals surface area contributed by atoms with Crippen LogP contribution in [0.2, 0.25) is 0 Å². The first-order valence-electron chi connectivity index (χ1n) is 5.91. The van der Waals surface area contributed by atoms with Crippen LogP contribution in [0.4, 0.5) is 17.6 Å². The lowest BCUT2D eigenvalue weighted by atomic mass is 10.0. The molecule has 1 aromatic rings. The van der Waals surface area contributed by atoms with Gasteiger partial charge in [-0.3, -0.25) is 4.90 Å². The van der Waals surface area contributed by atoms with E-state index >= 15 is 0 Å². The molecular formula is C12H16Cl2F4N2O. The van der Waals surface area contributed by atoms with E-state index in [2.05, 4.69) is 5.32 Å². The SMILES string of the molecule is Cl.Cl.Oc1cc(F)cc(F)c1[C@H](C(F)F)N1CCNCC1. The van der Waals surface area contributed by atoms with E-state index in [1.165, 1.54) is 4.90 Å². The van der Waals surface area contributed by atoms with Crippen LogP contribution in [0.25, 0.3) is 0 Å². The van der Waals surface area contributed by atoms with Crippen molar-refractivity contribution in [3.63, 3.8) is 0 Å². The Balaban J connectivity index is 0.00000200. The minimum atomic E-state index is -2.87. The molecule has 0 unspecified atom stereocenters. The monoisotopic (exact) mass is 350 g/mol. The Morgan fingerprint density at radius 2 is 1.67 bits per heavy atom. The van der Waals surface area contributed by atoms with Crippen molar-refractivity contribution in [1.82, 2.24) is 10.2 Å². The van der Waals surface area contributed by atoms with Gasteiger partial charge < -0.3 is 10.4 Å². The van der Waals surface area contributed by atoms with E-state index in [4.69, 9.17) is 0 Å². The predicted molar refractivity (Wildman–Crippen MR) is 75.7 cm³/mol. The molecule has 0 aliphatic carbocycles. The quantitative estimate of drug-likeness (QED) is 0.823. The van der Waals surface area contributed by atoms with Crippen molar-refractivity contribution in [2.24, 2.45) is 0 Å². The van der Waals surface area contributed by atoms with Gasteiger partial charge in [-0.15, -0.1) is 24.8 Å². The molecule has 0 saturated carbocycles. The predicted octanol–water partition coefficient (Wildman–Crippen LogP) is 2.73. The molecule has 0 bridgehead atoms. The number of nitrogens with one attached hydrogen (secondary N) is 1. The van der Waals surface area contributed by atoms with E-state index in [-0.39, 0.29) is 24.8 Å². The summed E-state index contributed by atoms with van der Waals surface area (Å²) < 4.78 is 53.0. The van der Waals surface area contributed by atoms with Gasteiger partial charge in [-0.2, -0.15) is 0 Å². The average Bonchev–Trinajstić information content (AvgIpc) is 2.34. The van der Waals surface area contributed by atoms with Crippen LogP contribution in [0.15, 0.2) is 12.1 Å². The fourth-order valence-corrected chi connectivity index (χ4v) is 2.29. The van der Waals surface area contributed by atoms with Crippen LogP contribution < -0.4 is 5.32 Å². The van der Waals surface area contributed by atoms with Gasteiger partial charge in [0.2, 0.25) is 0 Å². The van der Waals surface area contributed by atoms with Crippen molar-refractivity contribution in [2.75, 3.05) is 26.2 Å². The first-order valence-corrected chi connectivity index (χ1v) is 5.91. The molecule has 0 amide bonds. The number of hydrogen-bond donors (Lipinski definition) is 2. The lowest BCUT2D eigenvalue weighted by Gasteiger charge is -2.34. The van der Waals surface area contributed by atoms with Crippen LogP contribution in [-0.4, -0.2) is 42.6 Å². The third-order valence-electron chi connectivity index (χ3n) is 3.15. The number of phenolic OH excluding ortho intramolecular Hbond substituents is 1. The summed E-state index contributed by atoms with van der Waals surface area (Å²) in [5.41, 5.74) is -0.543. The maximum absolute atomic E-state index is 13.7. The molecule has 0 spiro atoms. The van der Waals surface area contributed by atoms with E-state index in [0.717, 1.165) is 0 Å². The number of alkyl halides is 2. The van der Waals surface area contributed by atoms with Crippen molar-refractivity contribution in [3.05, 3.63) is 29.3 Å². The van der Waals surface area contributed by atoms with Crippen LogP contribution in [0.3, 0.4) is 0 Å². The Hall–Kier alpha value is -0.760. The first kappa shape index (κ1) is 20.2. The fraction of sp³-hybridized carbons (Fsp3) is 0.500. The number of piperazine rings is 1. The molecule has 1 aromatic carbocycles. The largest absolute Gasteiger partial charge is 0.507 e. The fourth-order valence-electron chi connectivity index (χ4n) is 2.29. The summed E-state index contributed by atoms with van der Waals surface area (Å²) >= 11 is 0. The summed E-state index contributed by atoms with van der Waals surface area (Å²) in [6, 6.07) is -0.412. The van der Waals surface area contributed by atoms with Gasteiger partial charge in [-0.05, 0) is 0 Å². The van der Waals surface area contributed by atoms with E-state index in [1.54, 1.807) is 0 Å². The second-order valence-corrected chi connectivity index (χ2v) is 4.39. The van der Waals surface area contributed by atoms with Crippen molar-refractivity contribution in [1.29, 1.82) is 0 Å². The minimum Gasteiger partial charge on any atom is -0.507 e. The van der Waals surface area contributed by atoms with Gasteiger partial charge in [0.05, 0.1) is 5.56 Å². The highest BCUT2D eigenvalue weighted by atomic mass is 35.5. The lowest BCUT2D eigenvalue weighted by Crippen LogP contribution is -2.47. The number of aromatic hydroxyl groups is 1. The molecule has 1 aliphatic rings. The van der Waals surface area contributed by atoms with Crippen LogP contribution in [0, 0.1) is 11.6 Å². The number of halogens is 6. The van der Waals surface area contributed by atoms with Gasteiger partial charge >= 0.3 is 0 Å². The molecule has 1 fully saturated rings. The normalized spacial score (nSPS) is 17.0. The van der Waals surface area contributed by atoms with Crippen molar-refractivity contribution in [2.45, 2.75) is 12.5 Å². The molecule has 2 rings (SSSR count).